The summed E-state index contributed by atoms with van der Waals surface area (Å²) in [6, 6.07) is 28.5. The van der Waals surface area contributed by atoms with Crippen molar-refractivity contribution in [3.8, 4) is 11.5 Å². The van der Waals surface area contributed by atoms with Gasteiger partial charge in [-0.25, -0.2) is 0 Å². The highest BCUT2D eigenvalue weighted by Gasteiger charge is 2.69. The van der Waals surface area contributed by atoms with Crippen molar-refractivity contribution in [2.45, 2.75) is 22.6 Å². The van der Waals surface area contributed by atoms with Gasteiger partial charge in [0.25, 0.3) is 5.91 Å². The molecule has 1 aromatic heterocycles. The Labute approximate surface area is 289 Å². The van der Waals surface area contributed by atoms with Crippen LogP contribution >= 0.6 is 23.1 Å². The summed E-state index contributed by atoms with van der Waals surface area (Å²) < 4.78 is 11.8. The predicted molar refractivity (Wildman–Crippen MR) is 188 cm³/mol. The topological polar surface area (TPSA) is 118 Å². The van der Waals surface area contributed by atoms with Crippen LogP contribution in [0.1, 0.15) is 22.8 Å². The van der Waals surface area contributed by atoms with Gasteiger partial charge in [0.2, 0.25) is 11.8 Å². The van der Waals surface area contributed by atoms with Gasteiger partial charge in [-0.2, -0.15) is 0 Å². The van der Waals surface area contributed by atoms with E-state index in [9.17, 15) is 19.2 Å². The molecule has 246 valence electrons. The first kappa shape index (κ1) is 30.2. The highest BCUT2D eigenvalue weighted by Crippen LogP contribution is 2.68. The Morgan fingerprint density at radius 3 is 2.47 bits per heavy atom. The first-order chi connectivity index (χ1) is 23.9. The van der Waals surface area contributed by atoms with Crippen molar-refractivity contribution in [3.63, 3.8) is 0 Å². The van der Waals surface area contributed by atoms with Crippen molar-refractivity contribution in [3.05, 3.63) is 111 Å². The molecule has 4 aromatic carbocycles. The lowest BCUT2D eigenvalue weighted by molar-refractivity contribution is -0.123. The Balaban J connectivity index is 1.00. The number of hydrogen-bond acceptors (Lipinski definition) is 8. The zero-order valence-corrected chi connectivity index (χ0v) is 28.0. The molecule has 6 unspecified atom stereocenters. The van der Waals surface area contributed by atoms with Gasteiger partial charge in [0.05, 0.1) is 29.7 Å². The van der Waals surface area contributed by atoms with E-state index in [-0.39, 0.29) is 70.0 Å². The van der Waals surface area contributed by atoms with Crippen molar-refractivity contribution in [2.75, 3.05) is 23.9 Å². The number of nitrogens with one attached hydrogen (secondary N) is 2. The number of aromatic amines is 1. The summed E-state index contributed by atoms with van der Waals surface area (Å²) in [5.41, 5.74) is 2.27. The van der Waals surface area contributed by atoms with Gasteiger partial charge in [-0.05, 0) is 65.5 Å². The Hall–Kier alpha value is -4.87. The minimum Gasteiger partial charge on any atom is -0.493 e. The quantitative estimate of drug-likeness (QED) is 0.193. The fraction of sp³-hybridized carbons (Fsp3) is 0.263. The Kier molecular flexibility index (Phi) is 7.17. The number of H-pyrrole nitrogens is 1. The van der Waals surface area contributed by atoms with Crippen LogP contribution in [0.3, 0.4) is 0 Å². The molecular weight excluding hydrogens is 659 g/mol. The molecular formula is C38H31N3O6S2. The molecule has 11 heteroatoms. The number of imide groups is 1. The van der Waals surface area contributed by atoms with Crippen molar-refractivity contribution in [2.24, 2.45) is 29.6 Å². The number of rotatable bonds is 7. The minimum atomic E-state index is -0.385. The van der Waals surface area contributed by atoms with Gasteiger partial charge in [0.15, 0.2) is 18.1 Å². The van der Waals surface area contributed by atoms with E-state index >= 15 is 0 Å². The third kappa shape index (κ3) is 4.74. The number of para-hydroxylation sites is 1. The summed E-state index contributed by atoms with van der Waals surface area (Å²) in [6.07, 6.45) is 0.803. The average Bonchev–Trinajstić information content (AvgIpc) is 3.86. The maximum atomic E-state index is 14.0. The van der Waals surface area contributed by atoms with Gasteiger partial charge in [-0.15, -0.1) is 11.8 Å². The second-order valence-corrected chi connectivity index (χ2v) is 15.3. The number of carbonyl (C=O) groups is 3. The first-order valence-corrected chi connectivity index (χ1v) is 18.0. The van der Waals surface area contributed by atoms with Crippen LogP contribution in [0.4, 0.5) is 11.4 Å². The SMILES string of the molecule is COc1cc([C@H]2c3sc(=O)[nH]c3SC3C4CC(C5C(=O)N(c6ccccc6)C(=O)C45)C32)ccc1OCC(=O)Nc1cccc2ccccc12. The van der Waals surface area contributed by atoms with Crippen LogP contribution in [0, 0.1) is 29.6 Å². The first-order valence-electron chi connectivity index (χ1n) is 16.3. The number of anilines is 2. The number of carbonyl (C=O) groups excluding carboxylic acids is 3. The van der Waals surface area contributed by atoms with Crippen LogP contribution in [0.2, 0.25) is 0 Å². The van der Waals surface area contributed by atoms with Crippen LogP contribution in [-0.4, -0.2) is 41.7 Å². The summed E-state index contributed by atoms with van der Waals surface area (Å²) in [7, 11) is 1.56. The van der Waals surface area contributed by atoms with Gasteiger partial charge in [-0.3, -0.25) is 24.1 Å². The molecule has 2 bridgehead atoms. The second-order valence-electron chi connectivity index (χ2n) is 13.1. The number of aromatic nitrogens is 1. The molecule has 2 aliphatic heterocycles. The summed E-state index contributed by atoms with van der Waals surface area (Å²) in [6.45, 7) is -0.214. The number of nitrogens with zero attached hydrogens (tertiary/aromatic N) is 1. The molecule has 5 aromatic rings. The van der Waals surface area contributed by atoms with Crippen LogP contribution in [0.5, 0.6) is 11.5 Å². The number of thioether (sulfide) groups is 1. The van der Waals surface area contributed by atoms with Crippen LogP contribution in [0.15, 0.2) is 101 Å². The molecule has 2 aliphatic carbocycles. The minimum absolute atomic E-state index is 0.00676. The van der Waals surface area contributed by atoms with E-state index in [1.807, 2.05) is 91.0 Å². The molecule has 0 spiro atoms. The number of amides is 3. The van der Waals surface area contributed by atoms with Gasteiger partial charge in [-0.1, -0.05) is 72.0 Å². The van der Waals surface area contributed by atoms with E-state index in [1.165, 1.54) is 16.2 Å². The monoisotopic (exact) mass is 689 g/mol. The van der Waals surface area contributed by atoms with Crippen molar-refractivity contribution < 1.29 is 23.9 Å². The lowest BCUT2D eigenvalue weighted by Gasteiger charge is -2.43. The molecule has 3 fully saturated rings. The number of methoxy groups -OCH3 is 1. The normalized spacial score (nSPS) is 26.4. The third-order valence-corrected chi connectivity index (χ3v) is 13.3. The highest BCUT2D eigenvalue weighted by atomic mass is 32.2. The smallest absolute Gasteiger partial charge is 0.305 e. The summed E-state index contributed by atoms with van der Waals surface area (Å²) in [5, 5.41) is 5.84. The molecule has 9 rings (SSSR count). The maximum Gasteiger partial charge on any atom is 0.305 e. The maximum absolute atomic E-state index is 14.0. The fourth-order valence-electron chi connectivity index (χ4n) is 8.88. The van der Waals surface area contributed by atoms with Crippen molar-refractivity contribution in [1.82, 2.24) is 4.98 Å². The summed E-state index contributed by atoms with van der Waals surface area (Å²) in [4.78, 5) is 58.8. The zero-order chi connectivity index (χ0) is 33.4. The summed E-state index contributed by atoms with van der Waals surface area (Å²) in [5.74, 6) is -0.482. The number of hydrogen-bond donors (Lipinski definition) is 2. The van der Waals surface area contributed by atoms with E-state index in [4.69, 9.17) is 9.47 Å². The lowest BCUT2D eigenvalue weighted by Crippen LogP contribution is -2.42. The molecule has 2 saturated carbocycles. The van der Waals surface area contributed by atoms with Crippen LogP contribution in [0.25, 0.3) is 10.8 Å². The fourth-order valence-corrected chi connectivity index (χ4v) is 11.8. The van der Waals surface area contributed by atoms with Gasteiger partial charge >= 0.3 is 4.87 Å². The van der Waals surface area contributed by atoms with Crippen LogP contribution < -0.4 is 24.6 Å². The molecule has 3 heterocycles. The van der Waals surface area contributed by atoms with Gasteiger partial charge < -0.3 is 19.8 Å². The molecule has 4 aliphatic rings. The molecule has 0 radical (unpaired) electrons. The Bertz CT molecular complexity index is 2210. The number of benzene rings is 4. The molecule has 49 heavy (non-hydrogen) atoms. The van der Waals surface area contributed by atoms with E-state index in [1.54, 1.807) is 18.9 Å². The van der Waals surface area contributed by atoms with Crippen LogP contribution in [-0.2, 0) is 14.4 Å². The largest absolute Gasteiger partial charge is 0.493 e. The highest BCUT2D eigenvalue weighted by molar-refractivity contribution is 8.00. The molecule has 7 atom stereocenters. The number of thiazole rings is 1. The van der Waals surface area contributed by atoms with Gasteiger partial charge in [0, 0.05) is 27.1 Å². The summed E-state index contributed by atoms with van der Waals surface area (Å²) >= 11 is 2.86. The molecule has 9 nitrogen and oxygen atoms in total. The zero-order valence-electron chi connectivity index (χ0n) is 26.3. The standard InChI is InChI=1S/C38H31N3O6S2/c1-46-27-16-20(14-15-26(27)47-18-28(42)39-25-13-7-9-19-8-5-6-12-22(19)25)29-30-23-17-24(33(30)48-35-34(29)49-38(45)40-35)32-31(23)36(43)41(37(32)44)21-10-3-2-4-11-21/h2-16,23-24,29-33H,17-18H2,1H3,(H,39,42)(H,40,45)/t23?,24?,29-,30?,31?,32?,33?/m1/s1. The molecule has 2 N–H and O–H groups in total. The van der Waals surface area contributed by atoms with E-state index in [2.05, 4.69) is 10.3 Å². The van der Waals surface area contributed by atoms with E-state index in [0.29, 0.717) is 22.9 Å². The Morgan fingerprint density at radius 2 is 1.65 bits per heavy atom. The predicted octanol–water partition coefficient (Wildman–Crippen LogP) is 6.29. The number of ether oxygens (including phenoxy) is 2. The van der Waals surface area contributed by atoms with E-state index in [0.717, 1.165) is 32.7 Å². The molecule has 3 amide bonds. The number of fused-ring (bicyclic) bond motifs is 10. The second kappa shape index (κ2) is 11.6. The van der Waals surface area contributed by atoms with E-state index < -0.39 is 0 Å². The van der Waals surface area contributed by atoms with Crippen molar-refractivity contribution in [1.29, 1.82) is 0 Å². The van der Waals surface area contributed by atoms with Gasteiger partial charge in [0.1, 0.15) is 0 Å². The Morgan fingerprint density at radius 1 is 0.898 bits per heavy atom. The third-order valence-electron chi connectivity index (χ3n) is 10.7. The van der Waals surface area contributed by atoms with Crippen molar-refractivity contribution >= 4 is 63.0 Å². The average molecular weight is 690 g/mol. The molecule has 1 saturated heterocycles. The lowest BCUT2D eigenvalue weighted by atomic mass is 9.68.